The van der Waals surface area contributed by atoms with Gasteiger partial charge in [0, 0.05) is 53.2 Å². The van der Waals surface area contributed by atoms with Gasteiger partial charge in [-0.15, -0.1) is 0 Å². The molecule has 0 aliphatic carbocycles. The Morgan fingerprint density at radius 1 is 1.26 bits per heavy atom. The molecule has 2 heterocycles. The number of rotatable bonds is 4. The number of aromatic nitrogens is 2. The second-order valence-electron chi connectivity index (χ2n) is 5.51. The fourth-order valence-corrected chi connectivity index (χ4v) is 2.37. The molecule has 0 bridgehead atoms. The zero-order valence-electron chi connectivity index (χ0n) is 13.2. The van der Waals surface area contributed by atoms with E-state index in [2.05, 4.69) is 5.10 Å². The molecule has 0 N–H and O–H groups in total. The van der Waals surface area contributed by atoms with Gasteiger partial charge in [0.25, 0.3) is 0 Å². The lowest BCUT2D eigenvalue weighted by Crippen LogP contribution is -2.52. The second kappa shape index (κ2) is 7.07. The Morgan fingerprint density at radius 3 is 2.39 bits per heavy atom. The number of hydrogen-bond acceptors (Lipinski definition) is 5. The molecule has 10 heteroatoms. The van der Waals surface area contributed by atoms with E-state index in [1.807, 2.05) is 0 Å². The summed E-state index contributed by atoms with van der Waals surface area (Å²) >= 11 is 0. The topological polar surface area (TPSA) is 105 Å². The number of carbonyl (C=O) groups is 2. The van der Waals surface area contributed by atoms with Gasteiger partial charge in [0.1, 0.15) is 12.4 Å². The molecule has 1 saturated heterocycles. The maximum atomic E-state index is 12.2. The van der Waals surface area contributed by atoms with E-state index in [0.717, 1.165) is 6.20 Å². The van der Waals surface area contributed by atoms with Crippen LogP contribution < -0.4 is 0 Å². The third-order valence-corrected chi connectivity index (χ3v) is 3.67. The van der Waals surface area contributed by atoms with E-state index < -0.39 is 4.92 Å². The van der Waals surface area contributed by atoms with Gasteiger partial charge in [-0.2, -0.15) is 5.10 Å². The molecule has 0 spiro atoms. The van der Waals surface area contributed by atoms with E-state index in [1.165, 1.54) is 15.8 Å². The van der Waals surface area contributed by atoms with Gasteiger partial charge >= 0.3 is 11.7 Å². The number of amides is 3. The van der Waals surface area contributed by atoms with Gasteiger partial charge in [0.2, 0.25) is 5.91 Å². The fraction of sp³-hybridized carbons (Fsp3) is 0.615. The molecule has 2 rings (SSSR count). The summed E-state index contributed by atoms with van der Waals surface area (Å²) in [7, 11) is 3.40. The van der Waals surface area contributed by atoms with Crippen molar-refractivity contribution in [2.45, 2.75) is 13.0 Å². The summed E-state index contributed by atoms with van der Waals surface area (Å²) in [6.07, 6.45) is 2.69. The lowest BCUT2D eigenvalue weighted by atomic mass is 10.3. The minimum Gasteiger partial charge on any atom is -0.339 e. The van der Waals surface area contributed by atoms with Crippen molar-refractivity contribution in [3.05, 3.63) is 22.5 Å². The van der Waals surface area contributed by atoms with Gasteiger partial charge in [-0.05, 0) is 0 Å². The summed E-state index contributed by atoms with van der Waals surface area (Å²) in [5.41, 5.74) is -0.0896. The molecule has 3 amide bonds. The molecule has 23 heavy (non-hydrogen) atoms. The highest BCUT2D eigenvalue weighted by Crippen LogP contribution is 2.10. The molecule has 0 unspecified atom stereocenters. The lowest BCUT2D eigenvalue weighted by molar-refractivity contribution is -0.385. The Bertz CT molecular complexity index is 591. The summed E-state index contributed by atoms with van der Waals surface area (Å²) < 4.78 is 1.39. The summed E-state index contributed by atoms with van der Waals surface area (Å²) in [5.74, 6) is -0.0416. The normalized spacial score (nSPS) is 14.7. The van der Waals surface area contributed by atoms with Crippen molar-refractivity contribution in [2.24, 2.45) is 0 Å². The SMILES string of the molecule is CN(C)C(=O)N1CCN(C(=O)CCn2cc([N+](=O)[O-])cn2)CC1. The molecule has 0 atom stereocenters. The van der Waals surface area contributed by atoms with Gasteiger partial charge in [-0.25, -0.2) is 4.79 Å². The first-order valence-corrected chi connectivity index (χ1v) is 7.29. The molecule has 0 radical (unpaired) electrons. The highest BCUT2D eigenvalue weighted by atomic mass is 16.6. The number of hydrogen-bond donors (Lipinski definition) is 0. The van der Waals surface area contributed by atoms with Crippen molar-refractivity contribution in [2.75, 3.05) is 40.3 Å². The molecular weight excluding hydrogens is 304 g/mol. The minimum absolute atomic E-state index is 0.0416. The molecular formula is C13H20N6O4. The zero-order valence-corrected chi connectivity index (χ0v) is 13.2. The standard InChI is InChI=1S/C13H20N6O4/c1-15(2)13(21)17-7-5-16(6-8-17)12(20)3-4-18-10-11(9-14-18)19(22)23/h9-10H,3-8H2,1-2H3. The van der Waals surface area contributed by atoms with Gasteiger partial charge in [0.05, 0.1) is 4.92 Å². The Kier molecular flexibility index (Phi) is 5.14. The van der Waals surface area contributed by atoms with E-state index in [4.69, 9.17) is 0 Å². The van der Waals surface area contributed by atoms with Crippen molar-refractivity contribution >= 4 is 17.6 Å². The van der Waals surface area contributed by atoms with Gasteiger partial charge in [-0.3, -0.25) is 19.6 Å². The first kappa shape index (κ1) is 16.7. The molecule has 1 aromatic rings. The van der Waals surface area contributed by atoms with Crippen LogP contribution in [0.25, 0.3) is 0 Å². The summed E-state index contributed by atoms with van der Waals surface area (Å²) in [5, 5.41) is 14.4. The van der Waals surface area contributed by atoms with E-state index in [0.29, 0.717) is 32.7 Å². The Hall–Kier alpha value is -2.65. The molecule has 1 fully saturated rings. The van der Waals surface area contributed by atoms with Crippen LogP contribution in [0.3, 0.4) is 0 Å². The average Bonchev–Trinajstić information content (AvgIpc) is 3.01. The first-order chi connectivity index (χ1) is 10.9. The van der Waals surface area contributed by atoms with Crippen LogP contribution in [0.1, 0.15) is 6.42 Å². The second-order valence-corrected chi connectivity index (χ2v) is 5.51. The maximum Gasteiger partial charge on any atom is 0.319 e. The molecule has 1 aliphatic heterocycles. The van der Waals surface area contributed by atoms with Crippen molar-refractivity contribution in [3.8, 4) is 0 Å². The molecule has 126 valence electrons. The van der Waals surface area contributed by atoms with Crippen molar-refractivity contribution < 1.29 is 14.5 Å². The number of nitro groups is 1. The van der Waals surface area contributed by atoms with Gasteiger partial charge < -0.3 is 14.7 Å². The highest BCUT2D eigenvalue weighted by Gasteiger charge is 2.24. The van der Waals surface area contributed by atoms with Crippen LogP contribution in [0, 0.1) is 10.1 Å². The van der Waals surface area contributed by atoms with E-state index >= 15 is 0 Å². The Balaban J connectivity index is 1.78. The fourth-order valence-electron chi connectivity index (χ4n) is 2.37. The van der Waals surface area contributed by atoms with Crippen LogP contribution in [0.2, 0.25) is 0 Å². The third-order valence-electron chi connectivity index (χ3n) is 3.67. The van der Waals surface area contributed by atoms with Gasteiger partial charge in [-0.1, -0.05) is 0 Å². The van der Waals surface area contributed by atoms with Crippen LogP contribution in [0.15, 0.2) is 12.4 Å². The molecule has 1 aromatic heterocycles. The smallest absolute Gasteiger partial charge is 0.319 e. The van der Waals surface area contributed by atoms with Crippen molar-refractivity contribution in [3.63, 3.8) is 0 Å². The predicted molar refractivity (Wildman–Crippen MR) is 80.7 cm³/mol. The van der Waals surface area contributed by atoms with Gasteiger partial charge in [0.15, 0.2) is 0 Å². The lowest BCUT2D eigenvalue weighted by Gasteiger charge is -2.36. The summed E-state index contributed by atoms with van der Waals surface area (Å²) in [4.78, 5) is 39.0. The monoisotopic (exact) mass is 324 g/mol. The number of carbonyl (C=O) groups excluding carboxylic acids is 2. The highest BCUT2D eigenvalue weighted by molar-refractivity contribution is 5.77. The van der Waals surface area contributed by atoms with Crippen LogP contribution >= 0.6 is 0 Å². The maximum absolute atomic E-state index is 12.2. The first-order valence-electron chi connectivity index (χ1n) is 7.29. The summed E-state index contributed by atoms with van der Waals surface area (Å²) in [6, 6.07) is -0.0547. The number of urea groups is 1. The quantitative estimate of drug-likeness (QED) is 0.573. The van der Waals surface area contributed by atoms with Crippen LogP contribution in [0.4, 0.5) is 10.5 Å². The molecule has 0 saturated carbocycles. The Morgan fingerprint density at radius 2 is 1.87 bits per heavy atom. The minimum atomic E-state index is -0.522. The van der Waals surface area contributed by atoms with Crippen LogP contribution in [0.5, 0.6) is 0 Å². The number of nitrogens with zero attached hydrogens (tertiary/aromatic N) is 6. The Labute approximate surface area is 133 Å². The third kappa shape index (κ3) is 4.18. The number of piperazine rings is 1. The van der Waals surface area contributed by atoms with E-state index in [1.54, 1.807) is 23.9 Å². The van der Waals surface area contributed by atoms with E-state index in [-0.39, 0.29) is 24.0 Å². The molecule has 1 aliphatic rings. The molecule has 10 nitrogen and oxygen atoms in total. The molecule has 0 aromatic carbocycles. The van der Waals surface area contributed by atoms with Crippen LogP contribution in [-0.4, -0.2) is 81.6 Å². The zero-order chi connectivity index (χ0) is 17.0. The number of aryl methyl sites for hydroxylation is 1. The van der Waals surface area contributed by atoms with Crippen molar-refractivity contribution in [1.82, 2.24) is 24.5 Å². The summed E-state index contributed by atoms with van der Waals surface area (Å²) in [6.45, 7) is 2.31. The van der Waals surface area contributed by atoms with E-state index in [9.17, 15) is 19.7 Å². The predicted octanol–water partition coefficient (Wildman–Crippen LogP) is 0.00720. The van der Waals surface area contributed by atoms with Crippen LogP contribution in [-0.2, 0) is 11.3 Å². The largest absolute Gasteiger partial charge is 0.339 e. The van der Waals surface area contributed by atoms with Crippen molar-refractivity contribution in [1.29, 1.82) is 0 Å². The average molecular weight is 324 g/mol.